The molecule has 3 aromatic rings. The Morgan fingerprint density at radius 2 is 1.74 bits per heavy atom. The first-order valence-electron chi connectivity index (χ1n) is 11.5. The highest BCUT2D eigenvalue weighted by Gasteiger charge is 2.50. The number of nitrogens with one attached hydrogen (secondary N) is 2. The second-order valence-corrected chi connectivity index (χ2v) is 9.92. The number of carboxylic acids is 1. The van der Waals surface area contributed by atoms with Gasteiger partial charge >= 0.3 is 12.1 Å². The van der Waals surface area contributed by atoms with Crippen molar-refractivity contribution in [3.05, 3.63) is 75.7 Å². The molecule has 2 aromatic carbocycles. The maximum Gasteiger partial charge on any atom is 0.407 e. The fraction of sp³-hybridized carbons (Fsp3) is 0.308. The van der Waals surface area contributed by atoms with Crippen molar-refractivity contribution in [2.24, 2.45) is 5.41 Å². The highest BCUT2D eigenvalue weighted by Crippen LogP contribution is 2.45. The van der Waals surface area contributed by atoms with E-state index in [2.05, 4.69) is 39.9 Å². The fourth-order valence-corrected chi connectivity index (χ4v) is 5.23. The Kier molecular flexibility index (Phi) is 6.02. The van der Waals surface area contributed by atoms with Gasteiger partial charge in [-0.15, -0.1) is 11.3 Å². The summed E-state index contributed by atoms with van der Waals surface area (Å²) in [5, 5.41) is 16.8. The van der Waals surface area contributed by atoms with Crippen LogP contribution >= 0.6 is 11.3 Å². The molecule has 35 heavy (non-hydrogen) atoms. The van der Waals surface area contributed by atoms with Crippen molar-refractivity contribution < 1.29 is 24.2 Å². The molecule has 2 aliphatic carbocycles. The molecule has 1 fully saturated rings. The number of aliphatic carboxylic acids is 1. The minimum atomic E-state index is -0.891. The summed E-state index contributed by atoms with van der Waals surface area (Å²) in [5.41, 5.74) is 3.97. The molecule has 9 heteroatoms. The van der Waals surface area contributed by atoms with E-state index in [4.69, 9.17) is 4.74 Å². The summed E-state index contributed by atoms with van der Waals surface area (Å²) in [6.07, 6.45) is 0.565. The monoisotopic (exact) mass is 491 g/mol. The van der Waals surface area contributed by atoms with E-state index >= 15 is 0 Å². The van der Waals surface area contributed by atoms with Crippen LogP contribution in [0, 0.1) is 5.41 Å². The number of benzene rings is 2. The number of carbonyl (C=O) groups excluding carboxylic acids is 2. The lowest BCUT2D eigenvalue weighted by Gasteiger charge is -2.16. The van der Waals surface area contributed by atoms with Crippen LogP contribution in [0.3, 0.4) is 0 Å². The molecule has 1 aromatic heterocycles. The van der Waals surface area contributed by atoms with Crippen LogP contribution in [0.15, 0.2) is 53.9 Å². The first-order chi connectivity index (χ1) is 16.9. The molecule has 1 unspecified atom stereocenters. The van der Waals surface area contributed by atoms with E-state index in [-0.39, 0.29) is 24.8 Å². The lowest BCUT2D eigenvalue weighted by molar-refractivity contribution is -0.143. The zero-order valence-electron chi connectivity index (χ0n) is 19.1. The molecule has 180 valence electrons. The molecular weight excluding hydrogens is 466 g/mol. The van der Waals surface area contributed by atoms with E-state index < -0.39 is 29.4 Å². The summed E-state index contributed by atoms with van der Waals surface area (Å²) in [4.78, 5) is 40.5. The number of hydrogen-bond donors (Lipinski definition) is 3. The van der Waals surface area contributed by atoms with Crippen LogP contribution in [-0.4, -0.2) is 41.2 Å². The summed E-state index contributed by atoms with van der Waals surface area (Å²) < 4.78 is 5.58. The molecule has 0 radical (unpaired) electrons. The molecule has 0 bridgehead atoms. The van der Waals surface area contributed by atoms with Crippen LogP contribution in [0.4, 0.5) is 4.79 Å². The minimum absolute atomic E-state index is 0.0285. The topological polar surface area (TPSA) is 118 Å². The van der Waals surface area contributed by atoms with E-state index in [1.54, 1.807) is 12.3 Å². The molecule has 1 heterocycles. The Balaban J connectivity index is 1.16. The third kappa shape index (κ3) is 4.51. The first kappa shape index (κ1) is 23.0. The lowest BCUT2D eigenvalue weighted by atomic mass is 9.98. The molecular formula is C26H25N3O5S. The second kappa shape index (κ2) is 9.14. The number of rotatable bonds is 8. The highest BCUT2D eigenvalue weighted by molar-refractivity contribution is 7.09. The summed E-state index contributed by atoms with van der Waals surface area (Å²) >= 11 is 1.25. The number of aromatic nitrogens is 1. The van der Waals surface area contributed by atoms with E-state index in [0.717, 1.165) is 22.3 Å². The Bertz CT molecular complexity index is 1250. The average molecular weight is 492 g/mol. The summed E-state index contributed by atoms with van der Waals surface area (Å²) in [7, 11) is 0. The number of hydrogen-bond acceptors (Lipinski definition) is 6. The predicted octanol–water partition coefficient (Wildman–Crippen LogP) is 4.34. The van der Waals surface area contributed by atoms with Gasteiger partial charge in [0, 0.05) is 17.8 Å². The van der Waals surface area contributed by atoms with Crippen molar-refractivity contribution in [1.29, 1.82) is 0 Å². The van der Waals surface area contributed by atoms with Gasteiger partial charge in [0.1, 0.15) is 17.3 Å². The molecule has 2 aliphatic rings. The van der Waals surface area contributed by atoms with Crippen LogP contribution < -0.4 is 10.6 Å². The minimum Gasteiger partial charge on any atom is -0.481 e. The number of fused-ring (bicyclic) bond motifs is 3. The summed E-state index contributed by atoms with van der Waals surface area (Å²) in [5.74, 6) is -1.34. The first-order valence-corrected chi connectivity index (χ1v) is 12.3. The predicted molar refractivity (Wildman–Crippen MR) is 130 cm³/mol. The van der Waals surface area contributed by atoms with Gasteiger partial charge in [-0.2, -0.15) is 0 Å². The van der Waals surface area contributed by atoms with E-state index in [1.165, 1.54) is 11.3 Å². The molecule has 2 amide bonds. The fourth-order valence-electron chi connectivity index (χ4n) is 4.43. The van der Waals surface area contributed by atoms with Crippen molar-refractivity contribution in [1.82, 2.24) is 15.6 Å². The third-order valence-electron chi connectivity index (χ3n) is 6.70. The number of nitrogens with zero attached hydrogens (tertiary/aromatic N) is 1. The Morgan fingerprint density at radius 1 is 1.11 bits per heavy atom. The third-order valence-corrected chi connectivity index (χ3v) is 7.73. The van der Waals surface area contributed by atoms with Gasteiger partial charge in [0.05, 0.1) is 11.5 Å². The Labute approximate surface area is 206 Å². The largest absolute Gasteiger partial charge is 0.481 e. The van der Waals surface area contributed by atoms with Crippen molar-refractivity contribution in [3.8, 4) is 11.1 Å². The lowest BCUT2D eigenvalue weighted by Crippen LogP contribution is -2.34. The van der Waals surface area contributed by atoms with Crippen LogP contribution in [0.1, 0.15) is 58.3 Å². The van der Waals surface area contributed by atoms with Gasteiger partial charge in [0.25, 0.3) is 5.91 Å². The molecule has 3 N–H and O–H groups in total. The molecule has 1 saturated carbocycles. The zero-order valence-corrected chi connectivity index (χ0v) is 19.9. The number of amides is 2. The van der Waals surface area contributed by atoms with Gasteiger partial charge in [-0.1, -0.05) is 48.5 Å². The summed E-state index contributed by atoms with van der Waals surface area (Å²) in [6.45, 7) is 2.07. The Morgan fingerprint density at radius 3 is 2.34 bits per heavy atom. The van der Waals surface area contributed by atoms with Crippen molar-refractivity contribution >= 4 is 29.3 Å². The maximum atomic E-state index is 12.5. The second-order valence-electron chi connectivity index (χ2n) is 9.03. The normalized spacial score (nSPS) is 16.0. The number of carbonyl (C=O) groups is 3. The quantitative estimate of drug-likeness (QED) is 0.432. The Hall–Kier alpha value is -3.72. The van der Waals surface area contributed by atoms with Crippen LogP contribution in [0.2, 0.25) is 0 Å². The van der Waals surface area contributed by atoms with Gasteiger partial charge in [-0.3, -0.25) is 9.59 Å². The van der Waals surface area contributed by atoms with Gasteiger partial charge in [0.15, 0.2) is 0 Å². The van der Waals surface area contributed by atoms with Crippen molar-refractivity contribution in [2.75, 3.05) is 13.2 Å². The van der Waals surface area contributed by atoms with Gasteiger partial charge in [-0.05, 0) is 42.0 Å². The molecule has 0 saturated heterocycles. The number of carboxylic acid groups (broad SMARTS) is 1. The van der Waals surface area contributed by atoms with Crippen LogP contribution in [-0.2, 0) is 9.53 Å². The van der Waals surface area contributed by atoms with Gasteiger partial charge in [0.2, 0.25) is 0 Å². The van der Waals surface area contributed by atoms with Gasteiger partial charge in [-0.25, -0.2) is 9.78 Å². The van der Waals surface area contributed by atoms with E-state index in [9.17, 15) is 19.5 Å². The molecule has 0 spiro atoms. The number of alkyl carbamates (subject to hydrolysis) is 1. The zero-order chi connectivity index (χ0) is 24.6. The molecule has 0 aliphatic heterocycles. The SMILES string of the molecule is CC(NC(=O)OCC1c2ccccc2-c2ccccc21)c1nc(C(=O)NCC2(C(=O)O)CC2)cs1. The maximum absolute atomic E-state index is 12.5. The van der Waals surface area contributed by atoms with Gasteiger partial charge < -0.3 is 20.5 Å². The molecule has 1 atom stereocenters. The van der Waals surface area contributed by atoms with Crippen molar-refractivity contribution in [3.63, 3.8) is 0 Å². The standard InChI is InChI=1S/C26H25N3O5S/c1-15(23-29-21(13-35-23)22(30)27-14-26(10-11-26)24(31)32)28-25(33)34-12-20-18-8-4-2-6-16(18)17-7-3-5-9-19(17)20/h2-9,13,15,20H,10-12,14H2,1H3,(H,27,30)(H,28,33)(H,31,32). The number of ether oxygens (including phenoxy) is 1. The molecule has 5 rings (SSSR count). The summed E-state index contributed by atoms with van der Waals surface area (Å²) in [6, 6.07) is 15.8. The van der Waals surface area contributed by atoms with E-state index in [1.807, 2.05) is 24.3 Å². The van der Waals surface area contributed by atoms with Crippen LogP contribution in [0.25, 0.3) is 11.1 Å². The molecule has 8 nitrogen and oxygen atoms in total. The smallest absolute Gasteiger partial charge is 0.407 e. The number of thiazole rings is 1. The highest BCUT2D eigenvalue weighted by atomic mass is 32.1. The van der Waals surface area contributed by atoms with E-state index in [0.29, 0.717) is 17.8 Å². The van der Waals surface area contributed by atoms with Crippen LogP contribution in [0.5, 0.6) is 0 Å². The average Bonchev–Trinajstić information content (AvgIpc) is 3.37. The van der Waals surface area contributed by atoms with Crippen molar-refractivity contribution in [2.45, 2.75) is 31.7 Å².